The average Bonchev–Trinajstić information content (AvgIpc) is 3.15. The molecule has 3 heterocycles. The summed E-state index contributed by atoms with van der Waals surface area (Å²) in [6.45, 7) is 5.26. The summed E-state index contributed by atoms with van der Waals surface area (Å²) in [5.41, 5.74) is 1.12. The first-order valence-electron chi connectivity index (χ1n) is 8.01. The maximum absolute atomic E-state index is 12.5. The van der Waals surface area contributed by atoms with Crippen LogP contribution in [-0.4, -0.2) is 42.1 Å². The predicted molar refractivity (Wildman–Crippen MR) is 93.9 cm³/mol. The fraction of sp³-hybridized carbons (Fsp3) is 0.412. The van der Waals surface area contributed by atoms with Crippen LogP contribution in [0.15, 0.2) is 42.0 Å². The van der Waals surface area contributed by atoms with Gasteiger partial charge < -0.3 is 15.1 Å². The molecule has 1 N–H and O–H groups in total. The smallest absolute Gasteiger partial charge is 0.318 e. The number of hydrogen-bond donors (Lipinski definition) is 1. The van der Waals surface area contributed by atoms with Crippen molar-refractivity contribution in [2.75, 3.05) is 31.1 Å². The van der Waals surface area contributed by atoms with Gasteiger partial charge in [0.15, 0.2) is 0 Å². The van der Waals surface area contributed by atoms with Crippen molar-refractivity contribution in [3.8, 4) is 0 Å². The first-order chi connectivity index (χ1) is 11.3. The summed E-state index contributed by atoms with van der Waals surface area (Å²) in [5, 5.41) is 5.21. The Kier molecular flexibility index (Phi) is 5.12. The molecule has 2 aromatic heterocycles. The van der Waals surface area contributed by atoms with E-state index in [-0.39, 0.29) is 12.1 Å². The Labute approximate surface area is 140 Å². The van der Waals surface area contributed by atoms with E-state index in [1.54, 1.807) is 17.5 Å². The molecule has 1 fully saturated rings. The number of thiophene rings is 1. The predicted octanol–water partition coefficient (Wildman–Crippen LogP) is 3.13. The lowest BCUT2D eigenvalue weighted by Crippen LogP contribution is -2.52. The zero-order valence-electron chi connectivity index (χ0n) is 13.3. The van der Waals surface area contributed by atoms with Crippen LogP contribution in [-0.2, 0) is 0 Å². The van der Waals surface area contributed by atoms with Crippen LogP contribution in [0.1, 0.15) is 24.3 Å². The second kappa shape index (κ2) is 7.46. The Morgan fingerprint density at radius 3 is 2.74 bits per heavy atom. The summed E-state index contributed by atoms with van der Waals surface area (Å²) in [7, 11) is 0. The van der Waals surface area contributed by atoms with E-state index in [9.17, 15) is 4.79 Å². The number of carbonyl (C=O) groups is 1. The number of amides is 2. The van der Waals surface area contributed by atoms with Crippen molar-refractivity contribution in [1.29, 1.82) is 0 Å². The quantitative estimate of drug-likeness (QED) is 0.937. The molecule has 0 aliphatic carbocycles. The van der Waals surface area contributed by atoms with Gasteiger partial charge in [-0.05, 0) is 30.0 Å². The second-order valence-corrected chi connectivity index (χ2v) is 6.59. The van der Waals surface area contributed by atoms with Gasteiger partial charge in [-0.2, -0.15) is 0 Å². The number of pyridine rings is 1. The maximum atomic E-state index is 12.5. The number of nitrogens with zero attached hydrogens (tertiary/aromatic N) is 3. The number of piperazine rings is 1. The lowest BCUT2D eigenvalue weighted by molar-refractivity contribution is 0.190. The van der Waals surface area contributed by atoms with Gasteiger partial charge in [0.2, 0.25) is 0 Å². The SMILES string of the molecule is CC[C@@H](NC(=O)N1CCN(c2cccnc2)CC1)c1cccs1. The third-order valence-corrected chi connectivity index (χ3v) is 5.16. The molecule has 0 radical (unpaired) electrons. The van der Waals surface area contributed by atoms with Gasteiger partial charge in [0.05, 0.1) is 17.9 Å². The Bertz CT molecular complexity index is 609. The van der Waals surface area contributed by atoms with Crippen LogP contribution < -0.4 is 10.2 Å². The van der Waals surface area contributed by atoms with Crippen LogP contribution in [0.25, 0.3) is 0 Å². The number of carbonyl (C=O) groups excluding carboxylic acids is 1. The van der Waals surface area contributed by atoms with Crippen molar-refractivity contribution >= 4 is 23.1 Å². The van der Waals surface area contributed by atoms with Crippen LogP contribution in [0, 0.1) is 0 Å². The van der Waals surface area contributed by atoms with Crippen molar-refractivity contribution in [2.24, 2.45) is 0 Å². The van der Waals surface area contributed by atoms with Gasteiger partial charge in [-0.1, -0.05) is 13.0 Å². The van der Waals surface area contributed by atoms with E-state index in [1.165, 1.54) is 4.88 Å². The Balaban J connectivity index is 1.54. The molecule has 122 valence electrons. The number of hydrogen-bond acceptors (Lipinski definition) is 4. The van der Waals surface area contributed by atoms with Crippen molar-refractivity contribution in [1.82, 2.24) is 15.2 Å². The first kappa shape index (κ1) is 15.8. The molecule has 0 bridgehead atoms. The van der Waals surface area contributed by atoms with Crippen LogP contribution in [0.2, 0.25) is 0 Å². The number of urea groups is 1. The van der Waals surface area contributed by atoms with Gasteiger partial charge in [-0.25, -0.2) is 4.79 Å². The highest BCUT2D eigenvalue weighted by atomic mass is 32.1. The standard InChI is InChI=1S/C17H22N4OS/c1-2-15(16-6-4-12-23-16)19-17(22)21-10-8-20(9-11-21)14-5-3-7-18-13-14/h3-7,12-13,15H,2,8-11H2,1H3,(H,19,22)/t15-/m1/s1. The van der Waals surface area contributed by atoms with Crippen molar-refractivity contribution in [3.05, 3.63) is 46.9 Å². The van der Waals surface area contributed by atoms with E-state index in [0.717, 1.165) is 38.3 Å². The van der Waals surface area contributed by atoms with Gasteiger partial charge >= 0.3 is 6.03 Å². The number of nitrogens with one attached hydrogen (secondary N) is 1. The van der Waals surface area contributed by atoms with Crippen molar-refractivity contribution < 1.29 is 4.79 Å². The lowest BCUT2D eigenvalue weighted by atomic mass is 10.2. The van der Waals surface area contributed by atoms with Crippen molar-refractivity contribution in [3.63, 3.8) is 0 Å². The van der Waals surface area contributed by atoms with Crippen LogP contribution in [0.3, 0.4) is 0 Å². The van der Waals surface area contributed by atoms with E-state index in [4.69, 9.17) is 0 Å². The van der Waals surface area contributed by atoms with E-state index in [1.807, 2.05) is 23.2 Å². The Hall–Kier alpha value is -2.08. The van der Waals surface area contributed by atoms with E-state index in [2.05, 4.69) is 39.6 Å². The zero-order valence-corrected chi connectivity index (χ0v) is 14.1. The molecule has 23 heavy (non-hydrogen) atoms. The first-order valence-corrected chi connectivity index (χ1v) is 8.89. The maximum Gasteiger partial charge on any atom is 0.318 e. The molecule has 0 aromatic carbocycles. The highest BCUT2D eigenvalue weighted by Crippen LogP contribution is 2.22. The van der Waals surface area contributed by atoms with E-state index >= 15 is 0 Å². The van der Waals surface area contributed by atoms with Gasteiger partial charge in [0.25, 0.3) is 0 Å². The minimum absolute atomic E-state index is 0.0380. The summed E-state index contributed by atoms with van der Waals surface area (Å²) in [5.74, 6) is 0. The molecule has 0 spiro atoms. The minimum atomic E-state index is 0.0380. The largest absolute Gasteiger partial charge is 0.367 e. The monoisotopic (exact) mass is 330 g/mol. The van der Waals surface area contributed by atoms with Gasteiger partial charge in [0.1, 0.15) is 0 Å². The molecular weight excluding hydrogens is 308 g/mol. The van der Waals surface area contributed by atoms with Crippen LogP contribution >= 0.6 is 11.3 Å². The summed E-state index contributed by atoms with van der Waals surface area (Å²) in [6, 6.07) is 8.27. The van der Waals surface area contributed by atoms with Gasteiger partial charge in [0, 0.05) is 37.3 Å². The summed E-state index contributed by atoms with van der Waals surface area (Å²) < 4.78 is 0. The molecular formula is C17H22N4OS. The highest BCUT2D eigenvalue weighted by molar-refractivity contribution is 7.10. The fourth-order valence-corrected chi connectivity index (χ4v) is 3.67. The third kappa shape index (κ3) is 3.82. The molecule has 3 rings (SSSR count). The summed E-state index contributed by atoms with van der Waals surface area (Å²) >= 11 is 1.69. The van der Waals surface area contributed by atoms with E-state index in [0.29, 0.717) is 0 Å². The summed E-state index contributed by atoms with van der Waals surface area (Å²) in [6.07, 6.45) is 4.56. The van der Waals surface area contributed by atoms with Gasteiger partial charge in [-0.3, -0.25) is 4.98 Å². The van der Waals surface area contributed by atoms with Crippen LogP contribution in [0.4, 0.5) is 10.5 Å². The number of rotatable bonds is 4. The average molecular weight is 330 g/mol. The molecule has 2 aromatic rings. The Morgan fingerprint density at radius 2 is 2.13 bits per heavy atom. The molecule has 1 saturated heterocycles. The molecule has 6 heteroatoms. The van der Waals surface area contributed by atoms with E-state index < -0.39 is 0 Å². The molecule has 0 saturated carbocycles. The topological polar surface area (TPSA) is 48.5 Å². The molecule has 1 aliphatic heterocycles. The molecule has 0 unspecified atom stereocenters. The highest BCUT2D eigenvalue weighted by Gasteiger charge is 2.23. The van der Waals surface area contributed by atoms with Crippen LogP contribution in [0.5, 0.6) is 0 Å². The number of aromatic nitrogens is 1. The number of anilines is 1. The molecule has 1 atom stereocenters. The van der Waals surface area contributed by atoms with Crippen molar-refractivity contribution in [2.45, 2.75) is 19.4 Å². The van der Waals surface area contributed by atoms with Gasteiger partial charge in [-0.15, -0.1) is 11.3 Å². The lowest BCUT2D eigenvalue weighted by Gasteiger charge is -2.36. The minimum Gasteiger partial charge on any atom is -0.367 e. The molecule has 5 nitrogen and oxygen atoms in total. The third-order valence-electron chi connectivity index (χ3n) is 4.17. The zero-order chi connectivity index (χ0) is 16.1. The molecule has 2 amide bonds. The second-order valence-electron chi connectivity index (χ2n) is 5.61. The fourth-order valence-electron chi connectivity index (χ4n) is 2.81. The molecule has 1 aliphatic rings. The Morgan fingerprint density at radius 1 is 1.30 bits per heavy atom. The normalized spacial score (nSPS) is 16.2. The summed E-state index contributed by atoms with van der Waals surface area (Å²) in [4.78, 5) is 22.0.